The summed E-state index contributed by atoms with van der Waals surface area (Å²) in [7, 11) is -1.41. The van der Waals surface area contributed by atoms with Gasteiger partial charge in [0, 0.05) is 46.5 Å². The topological polar surface area (TPSA) is 103 Å². The number of nitrogens with one attached hydrogen (secondary N) is 1. The molecule has 3 rings (SSSR count). The number of morpholine rings is 1. The summed E-state index contributed by atoms with van der Waals surface area (Å²) in [5.74, 6) is 0. The van der Waals surface area contributed by atoms with Crippen LogP contribution in [0, 0.1) is 0 Å². The van der Waals surface area contributed by atoms with Crippen molar-refractivity contribution in [3.05, 3.63) is 62.4 Å². The average Bonchev–Trinajstić information content (AvgIpc) is 2.69. The molecule has 1 aliphatic rings. The number of ether oxygens (including phenoxy) is 1. The highest BCUT2D eigenvalue weighted by atomic mass is 32.2. The van der Waals surface area contributed by atoms with E-state index in [0.717, 1.165) is 59.3 Å². The molecule has 10 heteroatoms. The highest BCUT2D eigenvalue weighted by Crippen LogP contribution is 2.10. The minimum atomic E-state index is -4.05. The Hall–Kier alpha value is -2.27. The van der Waals surface area contributed by atoms with Gasteiger partial charge in [-0.05, 0) is 11.1 Å². The first kappa shape index (κ1) is 20.5. The Labute approximate surface area is 163 Å². The second kappa shape index (κ2) is 8.39. The van der Waals surface area contributed by atoms with E-state index < -0.39 is 26.2 Å². The maximum absolute atomic E-state index is 12.5. The molecule has 0 atom stereocenters. The van der Waals surface area contributed by atoms with Gasteiger partial charge in [-0.3, -0.25) is 14.3 Å². The summed E-state index contributed by atoms with van der Waals surface area (Å²) in [6.45, 7) is 4.15. The zero-order chi connectivity index (χ0) is 20.3. The third kappa shape index (κ3) is 4.58. The standard InChI is InChI=1S/C18H24N4O5S/c1-20-13-16(17(23)21(2)18(20)24)28(25,26)19-11-14-3-5-15(6-4-14)12-22-7-9-27-10-8-22/h3-6,13,19H,7-12H2,1-2H3. The van der Waals surface area contributed by atoms with Crippen LogP contribution in [0.4, 0.5) is 0 Å². The number of hydrogen-bond donors (Lipinski definition) is 1. The second-order valence-corrected chi connectivity index (χ2v) is 8.52. The molecule has 152 valence electrons. The lowest BCUT2D eigenvalue weighted by atomic mass is 10.1. The fourth-order valence-corrected chi connectivity index (χ4v) is 4.17. The Balaban J connectivity index is 1.68. The number of aromatic nitrogens is 2. The molecule has 9 nitrogen and oxygen atoms in total. The van der Waals surface area contributed by atoms with Crippen molar-refractivity contribution in [2.45, 2.75) is 18.0 Å². The van der Waals surface area contributed by atoms with E-state index >= 15 is 0 Å². The number of aryl methyl sites for hydroxylation is 1. The summed E-state index contributed by atoms with van der Waals surface area (Å²) >= 11 is 0. The van der Waals surface area contributed by atoms with Crippen LogP contribution >= 0.6 is 0 Å². The lowest BCUT2D eigenvalue weighted by Gasteiger charge is -2.26. The summed E-state index contributed by atoms with van der Waals surface area (Å²) in [5, 5.41) is 0. The number of benzene rings is 1. The van der Waals surface area contributed by atoms with E-state index in [2.05, 4.69) is 9.62 Å². The molecule has 2 heterocycles. The number of hydrogen-bond acceptors (Lipinski definition) is 6. The van der Waals surface area contributed by atoms with Gasteiger partial charge in [0.25, 0.3) is 5.56 Å². The lowest BCUT2D eigenvalue weighted by molar-refractivity contribution is 0.0342. The summed E-state index contributed by atoms with van der Waals surface area (Å²) in [6.07, 6.45) is 1.04. The predicted octanol–water partition coefficient (Wildman–Crippen LogP) is -0.605. The van der Waals surface area contributed by atoms with Gasteiger partial charge in [-0.25, -0.2) is 17.9 Å². The monoisotopic (exact) mass is 408 g/mol. The quantitative estimate of drug-likeness (QED) is 0.685. The molecule has 0 amide bonds. The van der Waals surface area contributed by atoms with Crippen LogP contribution in [0.15, 0.2) is 44.9 Å². The van der Waals surface area contributed by atoms with Crippen molar-refractivity contribution in [3.8, 4) is 0 Å². The van der Waals surface area contributed by atoms with Gasteiger partial charge in [-0.15, -0.1) is 0 Å². The first-order valence-corrected chi connectivity index (χ1v) is 10.4. The van der Waals surface area contributed by atoms with Crippen molar-refractivity contribution in [2.75, 3.05) is 26.3 Å². The maximum atomic E-state index is 12.5. The highest BCUT2D eigenvalue weighted by Gasteiger charge is 2.21. The normalized spacial score (nSPS) is 15.6. The summed E-state index contributed by atoms with van der Waals surface area (Å²) in [5.41, 5.74) is 0.479. The molecule has 1 N–H and O–H groups in total. The molecule has 1 aromatic carbocycles. The predicted molar refractivity (Wildman–Crippen MR) is 103 cm³/mol. The molecule has 0 unspecified atom stereocenters. The first-order valence-electron chi connectivity index (χ1n) is 8.92. The van der Waals surface area contributed by atoms with Crippen LogP contribution in [-0.2, 0) is 41.9 Å². The third-order valence-electron chi connectivity index (χ3n) is 4.70. The van der Waals surface area contributed by atoms with Gasteiger partial charge in [0.1, 0.15) is 0 Å². The van der Waals surface area contributed by atoms with E-state index in [1.54, 1.807) is 0 Å². The summed E-state index contributed by atoms with van der Waals surface area (Å²) in [4.78, 5) is 25.7. The fourth-order valence-electron chi connectivity index (χ4n) is 3.00. The van der Waals surface area contributed by atoms with E-state index in [1.165, 1.54) is 14.1 Å². The zero-order valence-corrected chi connectivity index (χ0v) is 16.7. The lowest BCUT2D eigenvalue weighted by Crippen LogP contribution is -2.41. The van der Waals surface area contributed by atoms with Gasteiger partial charge in [0.2, 0.25) is 10.0 Å². The Bertz CT molecular complexity index is 1050. The van der Waals surface area contributed by atoms with Crippen molar-refractivity contribution in [2.24, 2.45) is 14.1 Å². The Morgan fingerprint density at radius 3 is 2.29 bits per heavy atom. The second-order valence-electron chi connectivity index (χ2n) is 6.78. The molecule has 1 aromatic heterocycles. The summed E-state index contributed by atoms with van der Waals surface area (Å²) in [6, 6.07) is 7.64. The van der Waals surface area contributed by atoms with E-state index in [0.29, 0.717) is 0 Å². The molecule has 0 radical (unpaired) electrons. The van der Waals surface area contributed by atoms with Gasteiger partial charge < -0.3 is 9.30 Å². The average molecular weight is 408 g/mol. The Morgan fingerprint density at radius 1 is 1.04 bits per heavy atom. The van der Waals surface area contributed by atoms with Crippen LogP contribution in [0.1, 0.15) is 11.1 Å². The Morgan fingerprint density at radius 2 is 1.64 bits per heavy atom. The molecule has 0 spiro atoms. The van der Waals surface area contributed by atoms with Gasteiger partial charge in [-0.1, -0.05) is 24.3 Å². The molecule has 0 saturated carbocycles. The van der Waals surface area contributed by atoms with E-state index in [4.69, 9.17) is 4.74 Å². The molecule has 0 bridgehead atoms. The van der Waals surface area contributed by atoms with Crippen LogP contribution in [-0.4, -0.2) is 48.8 Å². The van der Waals surface area contributed by atoms with Crippen molar-refractivity contribution in [1.29, 1.82) is 0 Å². The minimum Gasteiger partial charge on any atom is -0.379 e. The maximum Gasteiger partial charge on any atom is 0.330 e. The van der Waals surface area contributed by atoms with Gasteiger partial charge in [-0.2, -0.15) is 0 Å². The third-order valence-corrected chi connectivity index (χ3v) is 6.09. The van der Waals surface area contributed by atoms with Crippen molar-refractivity contribution in [1.82, 2.24) is 18.8 Å². The van der Waals surface area contributed by atoms with Crippen molar-refractivity contribution < 1.29 is 13.2 Å². The minimum absolute atomic E-state index is 0.0478. The Kier molecular flexibility index (Phi) is 6.14. The van der Waals surface area contributed by atoms with Gasteiger partial charge >= 0.3 is 5.69 Å². The molecule has 1 fully saturated rings. The van der Waals surface area contributed by atoms with E-state index in [-0.39, 0.29) is 6.54 Å². The fraction of sp³-hybridized carbons (Fsp3) is 0.444. The summed E-state index contributed by atoms with van der Waals surface area (Å²) < 4.78 is 34.6. The van der Waals surface area contributed by atoms with Crippen LogP contribution < -0.4 is 16.0 Å². The smallest absolute Gasteiger partial charge is 0.330 e. The van der Waals surface area contributed by atoms with Crippen LogP contribution in [0.25, 0.3) is 0 Å². The van der Waals surface area contributed by atoms with Gasteiger partial charge in [0.05, 0.1) is 13.2 Å². The molecule has 2 aromatic rings. The molecule has 1 aliphatic heterocycles. The van der Waals surface area contributed by atoms with E-state index in [1.807, 2.05) is 24.3 Å². The van der Waals surface area contributed by atoms with Gasteiger partial charge in [0.15, 0.2) is 4.90 Å². The molecular formula is C18H24N4O5S. The van der Waals surface area contributed by atoms with Crippen LogP contribution in [0.3, 0.4) is 0 Å². The molecular weight excluding hydrogens is 384 g/mol. The molecule has 0 aliphatic carbocycles. The van der Waals surface area contributed by atoms with Crippen LogP contribution in [0.2, 0.25) is 0 Å². The van der Waals surface area contributed by atoms with Crippen LogP contribution in [0.5, 0.6) is 0 Å². The van der Waals surface area contributed by atoms with E-state index in [9.17, 15) is 18.0 Å². The highest BCUT2D eigenvalue weighted by molar-refractivity contribution is 7.89. The first-order chi connectivity index (χ1) is 13.3. The SMILES string of the molecule is Cn1cc(S(=O)(=O)NCc2ccc(CN3CCOCC3)cc2)c(=O)n(C)c1=O. The molecule has 1 saturated heterocycles. The number of rotatable bonds is 6. The largest absolute Gasteiger partial charge is 0.379 e. The number of nitrogens with zero attached hydrogens (tertiary/aromatic N) is 3. The number of sulfonamides is 1. The van der Waals surface area contributed by atoms with Crippen molar-refractivity contribution in [3.63, 3.8) is 0 Å². The van der Waals surface area contributed by atoms with Crippen molar-refractivity contribution >= 4 is 10.0 Å². The molecule has 28 heavy (non-hydrogen) atoms. The zero-order valence-electron chi connectivity index (χ0n) is 15.9.